The van der Waals surface area contributed by atoms with Crippen molar-refractivity contribution < 1.29 is 9.53 Å². The molecule has 0 atom stereocenters. The molecule has 1 aliphatic rings. The van der Waals surface area contributed by atoms with Gasteiger partial charge >= 0.3 is 0 Å². The molecule has 1 aromatic rings. The Morgan fingerprint density at radius 2 is 1.95 bits per heavy atom. The highest BCUT2D eigenvalue weighted by Gasteiger charge is 2.24. The van der Waals surface area contributed by atoms with E-state index < -0.39 is 0 Å². The topological polar surface area (TPSA) is 32.8 Å². The molecule has 0 aromatic heterocycles. The average molecular weight is 278 g/mol. The van der Waals surface area contributed by atoms with Crippen molar-refractivity contribution in [3.63, 3.8) is 0 Å². The third kappa shape index (κ3) is 3.30. The summed E-state index contributed by atoms with van der Waals surface area (Å²) in [4.78, 5) is 16.5. The third-order valence-electron chi connectivity index (χ3n) is 3.11. The number of amides is 1. The maximum Gasteiger partial charge on any atom is 0.285 e. The van der Waals surface area contributed by atoms with Crippen LogP contribution in [0.3, 0.4) is 0 Å². The first-order valence-electron chi connectivity index (χ1n) is 6.47. The molecule has 19 heavy (non-hydrogen) atoms. The number of nitrogens with zero attached hydrogens (tertiary/aromatic N) is 2. The zero-order chi connectivity index (χ0) is 13.7. The van der Waals surface area contributed by atoms with E-state index >= 15 is 0 Å². The molecule has 1 heterocycles. The summed E-state index contributed by atoms with van der Waals surface area (Å²) in [6.45, 7) is 5.20. The van der Waals surface area contributed by atoms with E-state index in [1.165, 1.54) is 0 Å². The minimum atomic E-state index is -0.106. The van der Waals surface area contributed by atoms with Gasteiger partial charge in [-0.15, -0.1) is 0 Å². The minimum absolute atomic E-state index is 0.106. The van der Waals surface area contributed by atoms with Gasteiger partial charge in [0, 0.05) is 25.3 Å². The van der Waals surface area contributed by atoms with E-state index in [-0.39, 0.29) is 5.91 Å². The van der Waals surface area contributed by atoms with E-state index in [9.17, 15) is 4.79 Å². The molecule has 0 unspecified atom stereocenters. The zero-order valence-corrected chi connectivity index (χ0v) is 11.9. The van der Waals surface area contributed by atoms with Gasteiger partial charge in [0.05, 0.1) is 13.2 Å². The van der Waals surface area contributed by atoms with E-state index in [0.29, 0.717) is 37.8 Å². The van der Waals surface area contributed by atoms with E-state index in [2.05, 4.69) is 0 Å². The summed E-state index contributed by atoms with van der Waals surface area (Å²) in [6, 6.07) is 9.61. The molecular weight excluding hydrogens is 260 g/mol. The summed E-state index contributed by atoms with van der Waals surface area (Å²) < 4.78 is 5.27. The zero-order valence-electron chi connectivity index (χ0n) is 11.0. The number of morpholine rings is 1. The number of hydrogen-bond donors (Lipinski definition) is 0. The maximum atomic E-state index is 12.5. The van der Waals surface area contributed by atoms with Crippen LogP contribution in [0.2, 0.25) is 0 Å². The summed E-state index contributed by atoms with van der Waals surface area (Å²) in [5.41, 5.74) is 0.880. The van der Waals surface area contributed by atoms with Gasteiger partial charge < -0.3 is 14.5 Å². The number of anilines is 1. The first-order chi connectivity index (χ1) is 9.24. The molecule has 1 amide bonds. The van der Waals surface area contributed by atoms with Gasteiger partial charge in [-0.1, -0.05) is 30.4 Å². The summed E-state index contributed by atoms with van der Waals surface area (Å²) in [5.74, 6) is -0.106. The van der Waals surface area contributed by atoms with Crippen molar-refractivity contribution in [2.45, 2.75) is 6.92 Å². The second-order valence-electron chi connectivity index (χ2n) is 4.29. The van der Waals surface area contributed by atoms with Crippen molar-refractivity contribution >= 4 is 28.8 Å². The molecule has 1 saturated heterocycles. The van der Waals surface area contributed by atoms with Crippen LogP contribution < -0.4 is 4.90 Å². The van der Waals surface area contributed by atoms with Crippen LogP contribution in [0.1, 0.15) is 6.92 Å². The first kappa shape index (κ1) is 14.0. The SMILES string of the molecule is CCN(C(=O)C(=S)N1CCOCC1)c1ccccc1. The first-order valence-corrected chi connectivity index (χ1v) is 6.88. The summed E-state index contributed by atoms with van der Waals surface area (Å²) in [5, 5.41) is 0. The normalized spacial score (nSPS) is 15.1. The van der Waals surface area contributed by atoms with Gasteiger partial charge in [-0.05, 0) is 19.1 Å². The molecule has 2 rings (SSSR count). The monoisotopic (exact) mass is 278 g/mol. The smallest absolute Gasteiger partial charge is 0.285 e. The largest absolute Gasteiger partial charge is 0.378 e. The van der Waals surface area contributed by atoms with Crippen molar-refractivity contribution in [2.75, 3.05) is 37.7 Å². The number of rotatable bonds is 2. The molecule has 0 bridgehead atoms. The Labute approximate surface area is 118 Å². The number of hydrogen-bond acceptors (Lipinski definition) is 3. The van der Waals surface area contributed by atoms with Crippen molar-refractivity contribution in [3.05, 3.63) is 30.3 Å². The molecule has 0 radical (unpaired) electrons. The minimum Gasteiger partial charge on any atom is -0.378 e. The Morgan fingerprint density at radius 1 is 1.32 bits per heavy atom. The van der Waals surface area contributed by atoms with Crippen LogP contribution in [-0.4, -0.2) is 48.6 Å². The lowest BCUT2D eigenvalue weighted by atomic mass is 10.2. The van der Waals surface area contributed by atoms with E-state index in [1.54, 1.807) is 4.90 Å². The Balaban J connectivity index is 2.10. The molecule has 1 aliphatic heterocycles. The van der Waals surface area contributed by atoms with Crippen LogP contribution in [0.25, 0.3) is 0 Å². The maximum absolute atomic E-state index is 12.5. The van der Waals surface area contributed by atoms with Gasteiger partial charge in [-0.25, -0.2) is 0 Å². The molecule has 0 N–H and O–H groups in total. The quantitative estimate of drug-likeness (QED) is 0.771. The predicted octanol–water partition coefficient (Wildman–Crippen LogP) is 1.70. The second-order valence-corrected chi connectivity index (χ2v) is 4.68. The van der Waals surface area contributed by atoms with Crippen molar-refractivity contribution in [1.82, 2.24) is 4.90 Å². The van der Waals surface area contributed by atoms with Crippen LogP contribution in [-0.2, 0) is 9.53 Å². The van der Waals surface area contributed by atoms with Crippen molar-refractivity contribution in [1.29, 1.82) is 0 Å². The highest BCUT2D eigenvalue weighted by atomic mass is 32.1. The van der Waals surface area contributed by atoms with Gasteiger partial charge in [0.25, 0.3) is 5.91 Å². The molecule has 5 heteroatoms. The molecule has 1 aromatic carbocycles. The van der Waals surface area contributed by atoms with Crippen LogP contribution in [0, 0.1) is 0 Å². The van der Waals surface area contributed by atoms with Gasteiger partial charge in [0.15, 0.2) is 4.99 Å². The molecular formula is C14H18N2O2S. The second kappa shape index (κ2) is 6.63. The Bertz CT molecular complexity index is 444. The number of carbonyl (C=O) groups excluding carboxylic acids is 1. The molecule has 4 nitrogen and oxygen atoms in total. The fraction of sp³-hybridized carbons (Fsp3) is 0.429. The highest BCUT2D eigenvalue weighted by Crippen LogP contribution is 2.14. The standard InChI is InChI=1S/C14H18N2O2S/c1-2-16(12-6-4-3-5-7-12)13(17)14(19)15-8-10-18-11-9-15/h3-7H,2,8-11H2,1H3. The van der Waals surface area contributed by atoms with Gasteiger partial charge in [-0.2, -0.15) is 0 Å². The lowest BCUT2D eigenvalue weighted by Crippen LogP contribution is -2.48. The number of benzene rings is 1. The molecule has 0 saturated carbocycles. The summed E-state index contributed by atoms with van der Waals surface area (Å²) in [6.07, 6.45) is 0. The Morgan fingerprint density at radius 3 is 2.53 bits per heavy atom. The number of likely N-dealkylation sites (N-methyl/N-ethyl adjacent to an activating group) is 1. The van der Waals surface area contributed by atoms with E-state index in [1.807, 2.05) is 42.2 Å². The van der Waals surface area contributed by atoms with Gasteiger partial charge in [0.1, 0.15) is 0 Å². The van der Waals surface area contributed by atoms with Crippen molar-refractivity contribution in [3.8, 4) is 0 Å². The van der Waals surface area contributed by atoms with E-state index in [4.69, 9.17) is 17.0 Å². The highest BCUT2D eigenvalue weighted by molar-refractivity contribution is 7.82. The lowest BCUT2D eigenvalue weighted by Gasteiger charge is -2.31. The fourth-order valence-corrected chi connectivity index (χ4v) is 2.36. The third-order valence-corrected chi connectivity index (χ3v) is 3.54. The number of para-hydroxylation sites is 1. The van der Waals surface area contributed by atoms with Crippen LogP contribution in [0.4, 0.5) is 5.69 Å². The van der Waals surface area contributed by atoms with Crippen LogP contribution in [0.15, 0.2) is 30.3 Å². The fourth-order valence-electron chi connectivity index (χ4n) is 2.07. The van der Waals surface area contributed by atoms with Gasteiger partial charge in [-0.3, -0.25) is 4.79 Å². The lowest BCUT2D eigenvalue weighted by molar-refractivity contribution is -0.113. The Kier molecular flexibility index (Phi) is 4.87. The van der Waals surface area contributed by atoms with Gasteiger partial charge in [0.2, 0.25) is 0 Å². The van der Waals surface area contributed by atoms with Crippen molar-refractivity contribution in [2.24, 2.45) is 0 Å². The number of thiocarbonyl (C=S) groups is 1. The molecule has 1 fully saturated rings. The predicted molar refractivity (Wildman–Crippen MR) is 79.5 cm³/mol. The average Bonchev–Trinajstić information content (AvgIpc) is 2.49. The van der Waals surface area contributed by atoms with Crippen LogP contribution in [0.5, 0.6) is 0 Å². The van der Waals surface area contributed by atoms with Crippen LogP contribution >= 0.6 is 12.2 Å². The summed E-state index contributed by atoms with van der Waals surface area (Å²) in [7, 11) is 0. The summed E-state index contributed by atoms with van der Waals surface area (Å²) >= 11 is 5.32. The molecule has 0 aliphatic carbocycles. The number of ether oxygens (including phenoxy) is 1. The van der Waals surface area contributed by atoms with E-state index in [0.717, 1.165) is 5.69 Å². The Hall–Kier alpha value is -1.46. The molecule has 102 valence electrons. The molecule has 0 spiro atoms. The number of carbonyl (C=O) groups is 1.